The Bertz CT molecular complexity index is 635. The van der Waals surface area contributed by atoms with E-state index in [9.17, 15) is 5.11 Å². The largest absolute Gasteiger partial charge is 0.508 e. The van der Waals surface area contributed by atoms with Crippen molar-refractivity contribution in [2.24, 2.45) is 0 Å². The SMILES string of the molecule is N#Cc1ccc(Oc2ccc(O)cc2Cl)cc1Cl. The molecule has 0 aromatic heterocycles. The van der Waals surface area contributed by atoms with Crippen molar-refractivity contribution in [3.8, 4) is 23.3 Å². The van der Waals surface area contributed by atoms with E-state index in [0.29, 0.717) is 22.1 Å². The predicted octanol–water partition coefficient (Wildman–Crippen LogP) is 4.36. The molecule has 0 heterocycles. The average molecular weight is 280 g/mol. The minimum atomic E-state index is 0.0604. The molecule has 0 radical (unpaired) electrons. The van der Waals surface area contributed by atoms with Gasteiger partial charge in [0.2, 0.25) is 0 Å². The van der Waals surface area contributed by atoms with Crippen LogP contribution in [0.1, 0.15) is 5.56 Å². The summed E-state index contributed by atoms with van der Waals surface area (Å²) in [5.41, 5.74) is 0.376. The molecule has 0 atom stereocenters. The number of nitrogens with zero attached hydrogens (tertiary/aromatic N) is 1. The highest BCUT2D eigenvalue weighted by Gasteiger charge is 2.06. The number of halogens is 2. The van der Waals surface area contributed by atoms with Gasteiger partial charge in [0.25, 0.3) is 0 Å². The normalized spacial score (nSPS) is 9.83. The van der Waals surface area contributed by atoms with Gasteiger partial charge in [-0.2, -0.15) is 5.26 Å². The third-order valence-corrected chi connectivity index (χ3v) is 2.81. The van der Waals surface area contributed by atoms with Crippen LogP contribution in [-0.4, -0.2) is 5.11 Å². The zero-order valence-electron chi connectivity index (χ0n) is 9.02. The van der Waals surface area contributed by atoms with Gasteiger partial charge in [-0.3, -0.25) is 0 Å². The Morgan fingerprint density at radius 1 is 1.06 bits per heavy atom. The van der Waals surface area contributed by atoms with Crippen molar-refractivity contribution in [1.82, 2.24) is 0 Å². The second kappa shape index (κ2) is 5.18. The lowest BCUT2D eigenvalue weighted by Crippen LogP contribution is -1.86. The van der Waals surface area contributed by atoms with Crippen LogP contribution in [0.3, 0.4) is 0 Å². The van der Waals surface area contributed by atoms with Crippen LogP contribution in [0, 0.1) is 11.3 Å². The summed E-state index contributed by atoms with van der Waals surface area (Å²) in [7, 11) is 0. The summed E-state index contributed by atoms with van der Waals surface area (Å²) in [6, 6.07) is 11.1. The lowest BCUT2D eigenvalue weighted by atomic mass is 10.2. The highest BCUT2D eigenvalue weighted by molar-refractivity contribution is 6.32. The quantitative estimate of drug-likeness (QED) is 0.889. The molecule has 0 aliphatic heterocycles. The highest BCUT2D eigenvalue weighted by atomic mass is 35.5. The molecule has 2 aromatic carbocycles. The minimum absolute atomic E-state index is 0.0604. The number of phenolic OH excluding ortho intramolecular Hbond substituents is 1. The number of hydrogen-bond acceptors (Lipinski definition) is 3. The Labute approximate surface area is 114 Å². The van der Waals surface area contributed by atoms with Gasteiger partial charge in [-0.1, -0.05) is 23.2 Å². The van der Waals surface area contributed by atoms with Crippen molar-refractivity contribution in [2.45, 2.75) is 0 Å². The molecule has 0 amide bonds. The third-order valence-electron chi connectivity index (χ3n) is 2.20. The van der Waals surface area contributed by atoms with Crippen LogP contribution in [0.5, 0.6) is 17.2 Å². The molecule has 0 saturated heterocycles. The first kappa shape index (κ1) is 12.6. The van der Waals surface area contributed by atoms with Gasteiger partial charge >= 0.3 is 0 Å². The summed E-state index contributed by atoms with van der Waals surface area (Å²) in [5.74, 6) is 0.923. The summed E-state index contributed by atoms with van der Waals surface area (Å²) in [5, 5.41) is 18.6. The molecule has 5 heteroatoms. The van der Waals surface area contributed by atoms with E-state index in [0.717, 1.165) is 0 Å². The zero-order chi connectivity index (χ0) is 13.1. The van der Waals surface area contributed by atoms with E-state index >= 15 is 0 Å². The van der Waals surface area contributed by atoms with E-state index in [1.165, 1.54) is 18.2 Å². The van der Waals surface area contributed by atoms with Crippen LogP contribution in [0.15, 0.2) is 36.4 Å². The second-order valence-electron chi connectivity index (χ2n) is 3.47. The van der Waals surface area contributed by atoms with Crippen LogP contribution in [-0.2, 0) is 0 Å². The number of aromatic hydroxyl groups is 1. The first-order valence-electron chi connectivity index (χ1n) is 4.96. The van der Waals surface area contributed by atoms with Crippen LogP contribution >= 0.6 is 23.2 Å². The van der Waals surface area contributed by atoms with Gasteiger partial charge in [-0.15, -0.1) is 0 Å². The molecule has 0 bridgehead atoms. The summed E-state index contributed by atoms with van der Waals surface area (Å²) in [4.78, 5) is 0. The fourth-order valence-electron chi connectivity index (χ4n) is 1.35. The summed E-state index contributed by atoms with van der Waals surface area (Å²) < 4.78 is 5.51. The molecule has 0 saturated carbocycles. The number of phenols is 1. The van der Waals surface area contributed by atoms with Crippen molar-refractivity contribution in [3.63, 3.8) is 0 Å². The molecule has 0 spiro atoms. The van der Waals surface area contributed by atoms with E-state index < -0.39 is 0 Å². The molecule has 2 rings (SSSR count). The lowest BCUT2D eigenvalue weighted by molar-refractivity contribution is 0.464. The van der Waals surface area contributed by atoms with E-state index in [1.807, 2.05) is 6.07 Å². The maximum absolute atomic E-state index is 9.22. The number of ether oxygens (including phenoxy) is 1. The first-order valence-corrected chi connectivity index (χ1v) is 5.72. The monoisotopic (exact) mass is 279 g/mol. The van der Waals surface area contributed by atoms with Gasteiger partial charge in [-0.25, -0.2) is 0 Å². The molecule has 2 aromatic rings. The van der Waals surface area contributed by atoms with Gasteiger partial charge in [0.15, 0.2) is 0 Å². The highest BCUT2D eigenvalue weighted by Crippen LogP contribution is 2.33. The molecule has 3 nitrogen and oxygen atoms in total. The average Bonchev–Trinajstić information content (AvgIpc) is 2.33. The van der Waals surface area contributed by atoms with Crippen molar-refractivity contribution in [1.29, 1.82) is 5.26 Å². The van der Waals surface area contributed by atoms with E-state index in [4.69, 9.17) is 33.2 Å². The fraction of sp³-hybridized carbons (Fsp3) is 0. The van der Waals surface area contributed by atoms with Crippen molar-refractivity contribution in [3.05, 3.63) is 52.0 Å². The molecule has 90 valence electrons. The molecule has 0 aliphatic rings. The van der Waals surface area contributed by atoms with E-state index in [-0.39, 0.29) is 10.8 Å². The molecule has 18 heavy (non-hydrogen) atoms. The van der Waals surface area contributed by atoms with Gasteiger partial charge in [0.05, 0.1) is 15.6 Å². The van der Waals surface area contributed by atoms with Crippen molar-refractivity contribution >= 4 is 23.2 Å². The molecular formula is C13H7Cl2NO2. The Morgan fingerprint density at radius 3 is 2.44 bits per heavy atom. The topological polar surface area (TPSA) is 53.2 Å². The second-order valence-corrected chi connectivity index (χ2v) is 4.28. The standard InChI is InChI=1S/C13H7Cl2NO2/c14-11-6-10(3-1-8(11)7-16)18-13-4-2-9(17)5-12(13)15/h1-6,17H. The molecular weight excluding hydrogens is 273 g/mol. The van der Waals surface area contributed by atoms with Crippen molar-refractivity contribution < 1.29 is 9.84 Å². The van der Waals surface area contributed by atoms with E-state index in [1.54, 1.807) is 18.2 Å². The van der Waals surface area contributed by atoms with Gasteiger partial charge in [0, 0.05) is 12.1 Å². The first-order chi connectivity index (χ1) is 8.60. The third kappa shape index (κ3) is 2.67. The van der Waals surface area contributed by atoms with Gasteiger partial charge < -0.3 is 9.84 Å². The van der Waals surface area contributed by atoms with Gasteiger partial charge in [-0.05, 0) is 24.3 Å². The zero-order valence-corrected chi connectivity index (χ0v) is 10.5. The Hall–Kier alpha value is -1.89. The molecule has 1 N–H and O–H groups in total. The Balaban J connectivity index is 2.29. The molecule has 0 fully saturated rings. The predicted molar refractivity (Wildman–Crippen MR) is 69.4 cm³/mol. The number of nitriles is 1. The molecule has 0 aliphatic carbocycles. The summed E-state index contributed by atoms with van der Waals surface area (Å²) in [6.45, 7) is 0. The summed E-state index contributed by atoms with van der Waals surface area (Å²) >= 11 is 11.8. The molecule has 0 unspecified atom stereocenters. The Kier molecular flexibility index (Phi) is 3.61. The maximum atomic E-state index is 9.22. The minimum Gasteiger partial charge on any atom is -0.508 e. The van der Waals surface area contributed by atoms with Gasteiger partial charge in [0.1, 0.15) is 23.3 Å². The number of benzene rings is 2. The number of rotatable bonds is 2. The Morgan fingerprint density at radius 2 is 1.83 bits per heavy atom. The lowest BCUT2D eigenvalue weighted by Gasteiger charge is -2.08. The van der Waals surface area contributed by atoms with Crippen LogP contribution in [0.2, 0.25) is 10.0 Å². The van der Waals surface area contributed by atoms with E-state index in [2.05, 4.69) is 0 Å². The van der Waals surface area contributed by atoms with Crippen LogP contribution < -0.4 is 4.74 Å². The van der Waals surface area contributed by atoms with Crippen LogP contribution in [0.4, 0.5) is 0 Å². The van der Waals surface area contributed by atoms with Crippen LogP contribution in [0.25, 0.3) is 0 Å². The fourth-order valence-corrected chi connectivity index (χ4v) is 1.78. The number of hydrogen-bond donors (Lipinski definition) is 1. The van der Waals surface area contributed by atoms with Crippen molar-refractivity contribution in [2.75, 3.05) is 0 Å². The smallest absolute Gasteiger partial charge is 0.146 e. The maximum Gasteiger partial charge on any atom is 0.146 e. The summed E-state index contributed by atoms with van der Waals surface area (Å²) in [6.07, 6.45) is 0.